The third kappa shape index (κ3) is 2.70. The molecule has 96 valence electrons. The van der Waals surface area contributed by atoms with Crippen molar-refractivity contribution < 1.29 is 0 Å². The first kappa shape index (κ1) is 12.4. The SMILES string of the molecule is Brc1cn2c(CNC3CCSCC3)cnc2cn1. The lowest BCUT2D eigenvalue weighted by atomic mass is 10.1. The average Bonchev–Trinajstić information content (AvgIpc) is 2.80. The lowest BCUT2D eigenvalue weighted by molar-refractivity contribution is 0.477. The molecule has 4 nitrogen and oxygen atoms in total. The molecule has 0 amide bonds. The minimum Gasteiger partial charge on any atom is -0.308 e. The predicted octanol–water partition coefficient (Wildman–Crippen LogP) is 2.48. The second-order valence-corrected chi connectivity index (χ2v) is 6.49. The van der Waals surface area contributed by atoms with Crippen molar-refractivity contribution in [1.29, 1.82) is 0 Å². The summed E-state index contributed by atoms with van der Waals surface area (Å²) in [4.78, 5) is 8.54. The van der Waals surface area contributed by atoms with Crippen LogP contribution in [0.4, 0.5) is 0 Å². The normalized spacial score (nSPS) is 17.4. The molecular weight excluding hydrogens is 312 g/mol. The topological polar surface area (TPSA) is 42.2 Å². The van der Waals surface area contributed by atoms with Crippen molar-refractivity contribution in [3.8, 4) is 0 Å². The monoisotopic (exact) mass is 326 g/mol. The molecule has 0 aromatic carbocycles. The molecule has 3 heterocycles. The number of imidazole rings is 1. The van der Waals surface area contributed by atoms with E-state index < -0.39 is 0 Å². The van der Waals surface area contributed by atoms with Crippen LogP contribution < -0.4 is 5.32 Å². The van der Waals surface area contributed by atoms with E-state index in [4.69, 9.17) is 0 Å². The molecule has 2 aromatic rings. The van der Waals surface area contributed by atoms with Crippen LogP contribution in [-0.4, -0.2) is 31.9 Å². The van der Waals surface area contributed by atoms with Gasteiger partial charge in [-0.3, -0.25) is 4.40 Å². The van der Waals surface area contributed by atoms with Crippen LogP contribution in [0.2, 0.25) is 0 Å². The molecule has 0 unspecified atom stereocenters. The molecule has 1 fully saturated rings. The minimum atomic E-state index is 0.655. The van der Waals surface area contributed by atoms with Crippen LogP contribution in [0.15, 0.2) is 23.2 Å². The van der Waals surface area contributed by atoms with Gasteiger partial charge in [0.2, 0.25) is 0 Å². The number of rotatable bonds is 3. The maximum atomic E-state index is 4.36. The van der Waals surface area contributed by atoms with Gasteiger partial charge in [0, 0.05) is 18.8 Å². The number of hydrogen-bond acceptors (Lipinski definition) is 4. The van der Waals surface area contributed by atoms with Crippen LogP contribution in [-0.2, 0) is 6.54 Å². The second-order valence-electron chi connectivity index (χ2n) is 4.46. The van der Waals surface area contributed by atoms with Crippen LogP contribution in [0.1, 0.15) is 18.5 Å². The summed E-state index contributed by atoms with van der Waals surface area (Å²) in [6, 6.07) is 0.655. The Bertz CT molecular complexity index is 536. The van der Waals surface area contributed by atoms with Crippen LogP contribution >= 0.6 is 27.7 Å². The Balaban J connectivity index is 1.72. The second kappa shape index (κ2) is 5.59. The molecule has 0 atom stereocenters. The van der Waals surface area contributed by atoms with Crippen molar-refractivity contribution in [2.24, 2.45) is 0 Å². The predicted molar refractivity (Wildman–Crippen MR) is 77.9 cm³/mol. The Kier molecular flexibility index (Phi) is 3.86. The molecule has 1 saturated heterocycles. The number of nitrogens with one attached hydrogen (secondary N) is 1. The van der Waals surface area contributed by atoms with Crippen molar-refractivity contribution in [3.63, 3.8) is 0 Å². The number of aromatic nitrogens is 3. The summed E-state index contributed by atoms with van der Waals surface area (Å²) in [6.07, 6.45) is 8.22. The molecular formula is C12H15BrN4S. The van der Waals surface area contributed by atoms with Gasteiger partial charge in [0.1, 0.15) is 4.60 Å². The van der Waals surface area contributed by atoms with Gasteiger partial charge in [-0.05, 0) is 40.3 Å². The quantitative estimate of drug-likeness (QED) is 0.940. The third-order valence-corrected chi connectivity index (χ3v) is 4.69. The van der Waals surface area contributed by atoms with Crippen molar-refractivity contribution in [1.82, 2.24) is 19.7 Å². The first-order valence-electron chi connectivity index (χ1n) is 6.11. The summed E-state index contributed by atoms with van der Waals surface area (Å²) in [5.74, 6) is 2.56. The third-order valence-electron chi connectivity index (χ3n) is 3.23. The lowest BCUT2D eigenvalue weighted by Crippen LogP contribution is -2.32. The summed E-state index contributed by atoms with van der Waals surface area (Å²) >= 11 is 5.45. The zero-order chi connectivity index (χ0) is 12.4. The fraction of sp³-hybridized carbons (Fsp3) is 0.500. The van der Waals surface area contributed by atoms with Gasteiger partial charge >= 0.3 is 0 Å². The molecule has 1 aliphatic heterocycles. The highest BCUT2D eigenvalue weighted by atomic mass is 79.9. The number of halogens is 1. The first-order chi connectivity index (χ1) is 8.83. The molecule has 18 heavy (non-hydrogen) atoms. The number of thioether (sulfide) groups is 1. The van der Waals surface area contributed by atoms with Gasteiger partial charge in [0.25, 0.3) is 0 Å². The van der Waals surface area contributed by atoms with E-state index in [2.05, 4.69) is 47.4 Å². The molecule has 0 radical (unpaired) electrons. The molecule has 0 aliphatic carbocycles. The zero-order valence-electron chi connectivity index (χ0n) is 9.97. The summed E-state index contributed by atoms with van der Waals surface area (Å²) in [6.45, 7) is 0.868. The lowest BCUT2D eigenvalue weighted by Gasteiger charge is -2.22. The summed E-state index contributed by atoms with van der Waals surface area (Å²) < 4.78 is 2.92. The standard InChI is InChI=1S/C12H15BrN4S/c13-11-8-17-10(6-16-12(17)7-15-11)5-14-9-1-3-18-4-2-9/h6-9,14H,1-5H2. The molecule has 6 heteroatoms. The largest absolute Gasteiger partial charge is 0.308 e. The number of nitrogens with zero attached hydrogens (tertiary/aromatic N) is 3. The van der Waals surface area contributed by atoms with E-state index in [1.165, 1.54) is 30.0 Å². The van der Waals surface area contributed by atoms with Crippen LogP contribution in [0.5, 0.6) is 0 Å². The molecule has 1 N–H and O–H groups in total. The molecule has 1 aliphatic rings. The van der Waals surface area contributed by atoms with Gasteiger partial charge in [-0.1, -0.05) is 0 Å². The van der Waals surface area contributed by atoms with E-state index in [1.54, 1.807) is 6.20 Å². The van der Waals surface area contributed by atoms with Crippen LogP contribution in [0.3, 0.4) is 0 Å². The van der Waals surface area contributed by atoms with Crippen molar-refractivity contribution in [3.05, 3.63) is 28.9 Å². The molecule has 0 bridgehead atoms. The van der Waals surface area contributed by atoms with Crippen LogP contribution in [0, 0.1) is 0 Å². The van der Waals surface area contributed by atoms with Gasteiger partial charge < -0.3 is 5.32 Å². The van der Waals surface area contributed by atoms with E-state index in [9.17, 15) is 0 Å². The van der Waals surface area contributed by atoms with Gasteiger partial charge in [-0.2, -0.15) is 11.8 Å². The van der Waals surface area contributed by atoms with E-state index in [0.29, 0.717) is 6.04 Å². The number of hydrogen-bond donors (Lipinski definition) is 1. The van der Waals surface area contributed by atoms with Crippen LogP contribution in [0.25, 0.3) is 5.65 Å². The molecule has 2 aromatic heterocycles. The first-order valence-corrected chi connectivity index (χ1v) is 8.06. The Morgan fingerprint density at radius 3 is 3.00 bits per heavy atom. The van der Waals surface area contributed by atoms with Gasteiger partial charge in [-0.25, -0.2) is 9.97 Å². The van der Waals surface area contributed by atoms with E-state index in [1.807, 2.05) is 12.4 Å². The van der Waals surface area contributed by atoms with Gasteiger partial charge in [0.15, 0.2) is 5.65 Å². The fourth-order valence-corrected chi connectivity index (χ4v) is 3.61. The maximum absolute atomic E-state index is 4.36. The van der Waals surface area contributed by atoms with E-state index in [0.717, 1.165) is 16.8 Å². The Labute approximate surface area is 119 Å². The fourth-order valence-electron chi connectivity index (χ4n) is 2.20. The zero-order valence-corrected chi connectivity index (χ0v) is 12.4. The van der Waals surface area contributed by atoms with Crippen molar-refractivity contribution in [2.45, 2.75) is 25.4 Å². The summed E-state index contributed by atoms with van der Waals surface area (Å²) in [5, 5.41) is 3.63. The highest BCUT2D eigenvalue weighted by Crippen LogP contribution is 2.17. The Hall–Kier alpha value is -0.590. The van der Waals surface area contributed by atoms with Crippen molar-refractivity contribution >= 4 is 33.3 Å². The minimum absolute atomic E-state index is 0.655. The summed E-state index contributed by atoms with van der Waals surface area (Å²) in [5.41, 5.74) is 2.08. The van der Waals surface area contributed by atoms with Gasteiger partial charge in [0.05, 0.1) is 18.1 Å². The smallest absolute Gasteiger partial charge is 0.155 e. The van der Waals surface area contributed by atoms with E-state index >= 15 is 0 Å². The maximum Gasteiger partial charge on any atom is 0.155 e. The molecule has 0 spiro atoms. The number of fused-ring (bicyclic) bond motifs is 1. The Morgan fingerprint density at radius 1 is 1.33 bits per heavy atom. The highest BCUT2D eigenvalue weighted by molar-refractivity contribution is 9.10. The highest BCUT2D eigenvalue weighted by Gasteiger charge is 2.13. The van der Waals surface area contributed by atoms with E-state index in [-0.39, 0.29) is 0 Å². The Morgan fingerprint density at radius 2 is 2.17 bits per heavy atom. The van der Waals surface area contributed by atoms with Crippen molar-refractivity contribution in [2.75, 3.05) is 11.5 Å². The average molecular weight is 327 g/mol. The van der Waals surface area contributed by atoms with Gasteiger partial charge in [-0.15, -0.1) is 0 Å². The molecule has 3 rings (SSSR count). The summed E-state index contributed by atoms with van der Waals surface area (Å²) in [7, 11) is 0. The molecule has 0 saturated carbocycles.